The van der Waals surface area contributed by atoms with E-state index in [4.69, 9.17) is 0 Å². The van der Waals surface area contributed by atoms with Gasteiger partial charge in [0.05, 0.1) is 10.3 Å². The Hall–Kier alpha value is -3.48. The molecule has 0 bridgehead atoms. The zero-order chi connectivity index (χ0) is 19.4. The van der Waals surface area contributed by atoms with E-state index < -0.39 is 4.92 Å². The maximum atomic E-state index is 12.4. The fourth-order valence-corrected chi connectivity index (χ4v) is 2.99. The Morgan fingerprint density at radius 1 is 1.07 bits per heavy atom. The summed E-state index contributed by atoms with van der Waals surface area (Å²) in [5.41, 5.74) is 2.17. The van der Waals surface area contributed by atoms with Crippen LogP contribution in [0.4, 0.5) is 17.1 Å². The van der Waals surface area contributed by atoms with Gasteiger partial charge >= 0.3 is 0 Å². The van der Waals surface area contributed by atoms with E-state index >= 15 is 0 Å². The van der Waals surface area contributed by atoms with Crippen molar-refractivity contribution in [2.75, 3.05) is 18.4 Å². The smallest absolute Gasteiger partial charge is 0.278 e. The molecule has 2 aromatic carbocycles. The molecule has 3 rings (SSSR count). The number of hydrogen-bond donors (Lipinski definition) is 1. The third kappa shape index (κ3) is 3.72. The van der Waals surface area contributed by atoms with Crippen molar-refractivity contribution in [2.24, 2.45) is 0 Å². The van der Waals surface area contributed by atoms with Crippen LogP contribution in [-0.2, 0) is 0 Å². The molecule has 0 unspecified atom stereocenters. The lowest BCUT2D eigenvalue weighted by molar-refractivity contribution is -0.383. The Labute approximate surface area is 156 Å². The summed E-state index contributed by atoms with van der Waals surface area (Å²) >= 11 is 0. The Kier molecular flexibility index (Phi) is 5.30. The Balaban J connectivity index is 1.89. The zero-order valence-corrected chi connectivity index (χ0v) is 15.2. The van der Waals surface area contributed by atoms with Gasteiger partial charge in [0.1, 0.15) is 0 Å². The van der Waals surface area contributed by atoms with Gasteiger partial charge < -0.3 is 10.2 Å². The first kappa shape index (κ1) is 18.3. The lowest BCUT2D eigenvalue weighted by atomic mass is 10.1. The third-order valence-corrected chi connectivity index (χ3v) is 4.45. The van der Waals surface area contributed by atoms with Crippen LogP contribution in [0.1, 0.15) is 24.2 Å². The molecule has 0 aliphatic rings. The molecule has 0 fully saturated rings. The number of nitrogens with zero attached hydrogens (tertiary/aromatic N) is 3. The summed E-state index contributed by atoms with van der Waals surface area (Å²) in [6, 6.07) is 12.1. The van der Waals surface area contributed by atoms with Crippen LogP contribution in [0.3, 0.4) is 0 Å². The summed E-state index contributed by atoms with van der Waals surface area (Å²) < 4.78 is 0. The lowest BCUT2D eigenvalue weighted by Crippen LogP contribution is -2.30. The second-order valence-electron chi connectivity index (χ2n) is 5.99. The third-order valence-electron chi connectivity index (χ3n) is 4.45. The van der Waals surface area contributed by atoms with Gasteiger partial charge in [0, 0.05) is 53.9 Å². The molecule has 1 aromatic heterocycles. The average Bonchev–Trinajstić information content (AvgIpc) is 2.69. The molecule has 1 amide bonds. The Bertz CT molecular complexity index is 982. The van der Waals surface area contributed by atoms with E-state index in [1.807, 2.05) is 26.0 Å². The highest BCUT2D eigenvalue weighted by molar-refractivity contribution is 6.00. The van der Waals surface area contributed by atoms with Crippen molar-refractivity contribution in [2.45, 2.75) is 13.8 Å². The Morgan fingerprint density at radius 3 is 2.41 bits per heavy atom. The highest BCUT2D eigenvalue weighted by Gasteiger charge is 2.15. The molecular weight excluding hydrogens is 344 g/mol. The van der Waals surface area contributed by atoms with Crippen LogP contribution in [0.2, 0.25) is 0 Å². The number of nitro benzene ring substituents is 1. The first-order valence-electron chi connectivity index (χ1n) is 8.72. The zero-order valence-electron chi connectivity index (χ0n) is 15.2. The quantitative estimate of drug-likeness (QED) is 0.518. The summed E-state index contributed by atoms with van der Waals surface area (Å²) in [5.74, 6) is -0.00147. The summed E-state index contributed by atoms with van der Waals surface area (Å²) in [7, 11) is 0. The minimum atomic E-state index is -0.415. The molecular formula is C20H20N4O3. The number of nitro groups is 1. The standard InChI is InChI=1S/C20H20N4O3/c1-3-23(4-2)20(25)14-5-7-15(8-6-14)22-18-9-10-19(24(26)27)17-13-21-12-11-16(17)18/h5-13,22H,3-4H2,1-2H3. The maximum absolute atomic E-state index is 12.4. The summed E-state index contributed by atoms with van der Waals surface area (Å²) in [6.07, 6.45) is 3.09. The molecule has 3 aromatic rings. The van der Waals surface area contributed by atoms with Crippen LogP contribution in [-0.4, -0.2) is 33.8 Å². The number of rotatable bonds is 6. The molecule has 1 heterocycles. The van der Waals surface area contributed by atoms with Gasteiger partial charge in [-0.2, -0.15) is 0 Å². The molecule has 0 radical (unpaired) electrons. The van der Waals surface area contributed by atoms with Crippen molar-refractivity contribution in [3.05, 3.63) is 70.5 Å². The molecule has 7 heteroatoms. The van der Waals surface area contributed by atoms with Gasteiger partial charge in [-0.1, -0.05) is 0 Å². The molecule has 27 heavy (non-hydrogen) atoms. The highest BCUT2D eigenvalue weighted by Crippen LogP contribution is 2.32. The molecule has 0 saturated heterocycles. The van der Waals surface area contributed by atoms with Crippen molar-refractivity contribution >= 4 is 33.7 Å². The van der Waals surface area contributed by atoms with Crippen molar-refractivity contribution in [3.63, 3.8) is 0 Å². The SMILES string of the molecule is CCN(CC)C(=O)c1ccc(Nc2ccc([N+](=O)[O-])c3cnccc23)cc1. The van der Waals surface area contributed by atoms with Crippen LogP contribution < -0.4 is 5.32 Å². The fourth-order valence-electron chi connectivity index (χ4n) is 2.99. The molecule has 0 aliphatic heterocycles. The number of carbonyl (C=O) groups excluding carboxylic acids is 1. The van der Waals surface area contributed by atoms with E-state index in [0.29, 0.717) is 29.4 Å². The van der Waals surface area contributed by atoms with Crippen molar-refractivity contribution < 1.29 is 9.72 Å². The van der Waals surface area contributed by atoms with Gasteiger partial charge in [0.2, 0.25) is 0 Å². The average molecular weight is 364 g/mol. The second kappa shape index (κ2) is 7.82. The fraction of sp³-hybridized carbons (Fsp3) is 0.200. The van der Waals surface area contributed by atoms with Crippen LogP contribution in [0, 0.1) is 10.1 Å². The topological polar surface area (TPSA) is 88.4 Å². The Morgan fingerprint density at radius 2 is 1.78 bits per heavy atom. The number of anilines is 2. The van der Waals surface area contributed by atoms with Gasteiger partial charge in [-0.3, -0.25) is 19.9 Å². The van der Waals surface area contributed by atoms with Crippen molar-refractivity contribution in [1.29, 1.82) is 0 Å². The van der Waals surface area contributed by atoms with E-state index in [9.17, 15) is 14.9 Å². The summed E-state index contributed by atoms with van der Waals surface area (Å²) in [6.45, 7) is 5.23. The maximum Gasteiger partial charge on any atom is 0.278 e. The number of carbonyl (C=O) groups is 1. The van der Waals surface area contributed by atoms with E-state index in [1.165, 1.54) is 12.3 Å². The number of hydrogen-bond acceptors (Lipinski definition) is 5. The van der Waals surface area contributed by atoms with Crippen molar-refractivity contribution in [1.82, 2.24) is 9.88 Å². The molecule has 0 spiro atoms. The molecule has 138 valence electrons. The summed E-state index contributed by atoms with van der Waals surface area (Å²) in [4.78, 5) is 28.9. The second-order valence-corrected chi connectivity index (χ2v) is 5.99. The van der Waals surface area contributed by atoms with Crippen molar-refractivity contribution in [3.8, 4) is 0 Å². The molecule has 0 aliphatic carbocycles. The van der Waals surface area contributed by atoms with Gasteiger partial charge in [0.25, 0.3) is 11.6 Å². The predicted molar refractivity (Wildman–Crippen MR) is 105 cm³/mol. The number of pyridine rings is 1. The number of aromatic nitrogens is 1. The predicted octanol–water partition coefficient (Wildman–Crippen LogP) is 4.37. The van der Waals surface area contributed by atoms with E-state index in [2.05, 4.69) is 10.3 Å². The number of fused-ring (bicyclic) bond motifs is 1. The molecule has 0 saturated carbocycles. The van der Waals surface area contributed by atoms with Crippen LogP contribution in [0.25, 0.3) is 10.8 Å². The minimum absolute atomic E-state index is 0.00147. The summed E-state index contributed by atoms with van der Waals surface area (Å²) in [5, 5.41) is 15.7. The minimum Gasteiger partial charge on any atom is -0.355 e. The number of amides is 1. The molecule has 7 nitrogen and oxygen atoms in total. The van der Waals surface area contributed by atoms with Gasteiger partial charge in [-0.15, -0.1) is 0 Å². The monoisotopic (exact) mass is 364 g/mol. The van der Waals surface area contributed by atoms with Gasteiger partial charge in [-0.05, 0) is 50.2 Å². The van der Waals surface area contributed by atoms with Crippen LogP contribution >= 0.6 is 0 Å². The molecule has 0 atom stereocenters. The first-order valence-corrected chi connectivity index (χ1v) is 8.72. The van der Waals surface area contributed by atoms with E-state index in [1.54, 1.807) is 35.4 Å². The van der Waals surface area contributed by atoms with Gasteiger partial charge in [-0.25, -0.2) is 0 Å². The highest BCUT2D eigenvalue weighted by atomic mass is 16.6. The van der Waals surface area contributed by atoms with Gasteiger partial charge in [0.15, 0.2) is 0 Å². The van der Waals surface area contributed by atoms with Crippen LogP contribution in [0.15, 0.2) is 54.9 Å². The van der Waals surface area contributed by atoms with E-state index in [-0.39, 0.29) is 11.6 Å². The number of benzene rings is 2. The van der Waals surface area contributed by atoms with Crippen LogP contribution in [0.5, 0.6) is 0 Å². The van der Waals surface area contributed by atoms with E-state index in [0.717, 1.165) is 11.4 Å². The normalized spacial score (nSPS) is 10.6. The first-order chi connectivity index (χ1) is 13.0. The largest absolute Gasteiger partial charge is 0.355 e. The number of non-ortho nitro benzene ring substituents is 1. The lowest BCUT2D eigenvalue weighted by Gasteiger charge is -2.18. The molecule has 1 N–H and O–H groups in total. The number of nitrogens with one attached hydrogen (secondary N) is 1.